The number of rotatable bonds is 9. The van der Waals surface area contributed by atoms with Crippen LogP contribution in [0.15, 0.2) is 78.9 Å². The Labute approximate surface area is 206 Å². The molecule has 3 rings (SSSR count). The molecule has 3 aromatic rings. The Morgan fingerprint density at radius 3 is 1.94 bits per heavy atom. The first-order valence-corrected chi connectivity index (χ1v) is 10.3. The summed E-state index contributed by atoms with van der Waals surface area (Å²) in [6, 6.07) is 24.5. The molecule has 4 nitrogen and oxygen atoms in total. The van der Waals surface area contributed by atoms with Crippen LogP contribution in [0.1, 0.15) is 41.3 Å². The molecule has 5 heteroatoms. The van der Waals surface area contributed by atoms with Crippen molar-refractivity contribution in [2.75, 3.05) is 6.54 Å². The molecule has 0 spiro atoms. The van der Waals surface area contributed by atoms with Crippen molar-refractivity contribution in [3.05, 3.63) is 95.6 Å². The summed E-state index contributed by atoms with van der Waals surface area (Å²) in [6.45, 7) is 3.45. The van der Waals surface area contributed by atoms with Gasteiger partial charge >= 0.3 is 29.6 Å². The minimum absolute atomic E-state index is 0. The first-order valence-electron chi connectivity index (χ1n) is 10.3. The average Bonchev–Trinajstić information content (AvgIpc) is 2.77. The predicted molar refractivity (Wildman–Crippen MR) is 117 cm³/mol. The summed E-state index contributed by atoms with van der Waals surface area (Å²) in [5.74, 6) is -1.04. The third kappa shape index (κ3) is 7.35. The molecule has 0 aliphatic heterocycles. The van der Waals surface area contributed by atoms with E-state index < -0.39 is 5.97 Å². The van der Waals surface area contributed by atoms with E-state index in [1.54, 1.807) is 24.3 Å². The van der Waals surface area contributed by atoms with Crippen molar-refractivity contribution in [2.24, 2.45) is 0 Å². The zero-order valence-electron chi connectivity index (χ0n) is 18.2. The zero-order valence-corrected chi connectivity index (χ0v) is 20.2. The maximum Gasteiger partial charge on any atom is 1.00 e. The van der Waals surface area contributed by atoms with Gasteiger partial charge in [-0.25, -0.2) is 0 Å². The number of hydrogen-bond donors (Lipinski definition) is 0. The molecule has 0 aromatic heterocycles. The van der Waals surface area contributed by atoms with Gasteiger partial charge in [0.2, 0.25) is 5.91 Å². The normalized spacial score (nSPS) is 10.2. The van der Waals surface area contributed by atoms with Crippen LogP contribution in [0.5, 0.6) is 0 Å². The quantitative estimate of drug-likeness (QED) is 0.484. The first kappa shape index (κ1) is 24.9. The van der Waals surface area contributed by atoms with Crippen molar-refractivity contribution in [1.29, 1.82) is 0 Å². The first-order chi connectivity index (χ1) is 14.6. The number of unbranched alkanes of at least 4 members (excludes halogenated alkanes) is 1. The van der Waals surface area contributed by atoms with Crippen molar-refractivity contribution in [1.82, 2.24) is 4.90 Å². The standard InChI is InChI=1S/C26H27NO3.Na/c1-2-3-17-27(25(28)18-20-7-5-4-6-8-20)19-21-9-11-22(12-10-21)23-13-15-24(16-14-23)26(29)30;/h4-16H,2-3,17-19H2,1H3,(H,29,30);/q;+1/p-1. The molecule has 0 fully saturated rings. The fourth-order valence-corrected chi connectivity index (χ4v) is 3.34. The SMILES string of the molecule is CCCCN(Cc1ccc(-c2ccc(C(=O)[O-])cc2)cc1)C(=O)Cc1ccccc1.[Na+]. The van der Waals surface area contributed by atoms with Gasteiger partial charge in [-0.2, -0.15) is 0 Å². The minimum atomic E-state index is -1.18. The largest absolute Gasteiger partial charge is 1.00 e. The van der Waals surface area contributed by atoms with Crippen molar-refractivity contribution in [3.8, 4) is 11.1 Å². The maximum absolute atomic E-state index is 12.9. The Kier molecular flexibility index (Phi) is 9.99. The number of amides is 1. The van der Waals surface area contributed by atoms with E-state index in [2.05, 4.69) is 6.92 Å². The van der Waals surface area contributed by atoms with Crippen LogP contribution in [0.2, 0.25) is 0 Å². The molecule has 0 atom stereocenters. The Hall–Kier alpha value is -2.40. The molecule has 0 aliphatic carbocycles. The average molecular weight is 423 g/mol. The zero-order chi connectivity index (χ0) is 21.3. The van der Waals surface area contributed by atoms with E-state index in [1.165, 1.54) is 0 Å². The third-order valence-electron chi connectivity index (χ3n) is 5.11. The van der Waals surface area contributed by atoms with E-state index in [0.717, 1.165) is 41.6 Å². The molecule has 0 aliphatic rings. The number of carbonyl (C=O) groups is 2. The molecule has 0 N–H and O–H groups in total. The molecule has 3 aromatic carbocycles. The van der Waals surface area contributed by atoms with Crippen LogP contribution in [0.4, 0.5) is 0 Å². The van der Waals surface area contributed by atoms with Gasteiger partial charge in [-0.3, -0.25) is 4.79 Å². The Morgan fingerprint density at radius 2 is 1.39 bits per heavy atom. The van der Waals surface area contributed by atoms with Crippen LogP contribution in [-0.4, -0.2) is 23.3 Å². The summed E-state index contributed by atoms with van der Waals surface area (Å²) in [5.41, 5.74) is 4.20. The van der Waals surface area contributed by atoms with E-state index in [-0.39, 0.29) is 41.0 Å². The molecule has 31 heavy (non-hydrogen) atoms. The van der Waals surface area contributed by atoms with E-state index >= 15 is 0 Å². The van der Waals surface area contributed by atoms with Gasteiger partial charge in [-0.1, -0.05) is 92.2 Å². The van der Waals surface area contributed by atoms with Gasteiger partial charge in [0.1, 0.15) is 0 Å². The monoisotopic (exact) mass is 423 g/mol. The van der Waals surface area contributed by atoms with E-state index in [0.29, 0.717) is 13.0 Å². The number of benzene rings is 3. The van der Waals surface area contributed by atoms with Gasteiger partial charge < -0.3 is 14.8 Å². The van der Waals surface area contributed by atoms with Crippen molar-refractivity contribution >= 4 is 11.9 Å². The second-order valence-corrected chi connectivity index (χ2v) is 7.39. The summed E-state index contributed by atoms with van der Waals surface area (Å²) in [7, 11) is 0. The van der Waals surface area contributed by atoms with Crippen molar-refractivity contribution in [2.45, 2.75) is 32.7 Å². The number of carboxylic acids is 1. The molecular weight excluding hydrogens is 397 g/mol. The molecule has 154 valence electrons. The van der Waals surface area contributed by atoms with Gasteiger partial charge in [0.25, 0.3) is 0 Å². The van der Waals surface area contributed by atoms with Crippen molar-refractivity contribution in [3.63, 3.8) is 0 Å². The van der Waals surface area contributed by atoms with E-state index in [9.17, 15) is 14.7 Å². The van der Waals surface area contributed by atoms with Gasteiger partial charge in [0.15, 0.2) is 0 Å². The molecule has 1 amide bonds. The van der Waals surface area contributed by atoms with Crippen LogP contribution in [0, 0.1) is 0 Å². The molecular formula is C26H26NNaO3. The summed E-state index contributed by atoms with van der Waals surface area (Å²) >= 11 is 0. The molecule has 0 saturated heterocycles. The number of nitrogens with zero attached hydrogens (tertiary/aromatic N) is 1. The second-order valence-electron chi connectivity index (χ2n) is 7.39. The fourth-order valence-electron chi connectivity index (χ4n) is 3.34. The van der Waals surface area contributed by atoms with E-state index in [4.69, 9.17) is 0 Å². The minimum Gasteiger partial charge on any atom is -0.545 e. The summed E-state index contributed by atoms with van der Waals surface area (Å²) in [4.78, 5) is 25.7. The summed E-state index contributed by atoms with van der Waals surface area (Å²) in [5, 5.41) is 10.9. The Bertz CT molecular complexity index is 970. The van der Waals surface area contributed by atoms with Gasteiger partial charge in [0.05, 0.1) is 12.4 Å². The van der Waals surface area contributed by atoms with Crippen molar-refractivity contribution < 1.29 is 44.3 Å². The number of hydrogen-bond acceptors (Lipinski definition) is 3. The number of carbonyl (C=O) groups excluding carboxylic acids is 2. The molecule has 0 heterocycles. The number of carboxylic acid groups (broad SMARTS) is 1. The van der Waals surface area contributed by atoms with E-state index in [1.807, 2.05) is 59.5 Å². The topological polar surface area (TPSA) is 60.4 Å². The van der Waals surface area contributed by atoms with Crippen LogP contribution >= 0.6 is 0 Å². The second kappa shape index (κ2) is 12.5. The molecule has 0 bridgehead atoms. The summed E-state index contributed by atoms with van der Waals surface area (Å²) < 4.78 is 0. The van der Waals surface area contributed by atoms with Crippen LogP contribution in [-0.2, 0) is 17.8 Å². The van der Waals surface area contributed by atoms with Crippen LogP contribution in [0.25, 0.3) is 11.1 Å². The molecule has 0 radical (unpaired) electrons. The van der Waals surface area contributed by atoms with Crippen LogP contribution < -0.4 is 34.7 Å². The maximum atomic E-state index is 12.9. The smallest absolute Gasteiger partial charge is 0.545 e. The predicted octanol–water partition coefficient (Wildman–Crippen LogP) is 1.09. The van der Waals surface area contributed by atoms with Gasteiger partial charge in [-0.05, 0) is 34.2 Å². The molecule has 0 saturated carbocycles. The Morgan fingerprint density at radius 1 is 0.806 bits per heavy atom. The number of aromatic carboxylic acids is 1. The Balaban J connectivity index is 0.00000341. The summed E-state index contributed by atoms with van der Waals surface area (Å²) in [6.07, 6.45) is 2.42. The molecule has 0 unspecified atom stereocenters. The third-order valence-corrected chi connectivity index (χ3v) is 5.11. The fraction of sp³-hybridized carbons (Fsp3) is 0.231. The van der Waals surface area contributed by atoms with Crippen LogP contribution in [0.3, 0.4) is 0 Å². The van der Waals surface area contributed by atoms with Gasteiger partial charge in [0, 0.05) is 13.1 Å². The van der Waals surface area contributed by atoms with Gasteiger partial charge in [-0.15, -0.1) is 0 Å².